The molecule has 146 valence electrons. The van der Waals surface area contributed by atoms with Crippen molar-refractivity contribution in [2.75, 3.05) is 37.0 Å². The molecule has 0 bridgehead atoms. The Morgan fingerprint density at radius 1 is 1.29 bits per heavy atom. The van der Waals surface area contributed by atoms with Gasteiger partial charge in [0.05, 0.1) is 25.5 Å². The van der Waals surface area contributed by atoms with Gasteiger partial charge < -0.3 is 19.7 Å². The number of H-pyrrole nitrogens is 1. The summed E-state index contributed by atoms with van der Waals surface area (Å²) in [5.41, 5.74) is 0.964. The number of nitrogens with one attached hydrogen (secondary N) is 2. The van der Waals surface area contributed by atoms with Gasteiger partial charge in [0.25, 0.3) is 0 Å². The zero-order valence-electron chi connectivity index (χ0n) is 15.6. The number of ether oxygens (including phenoxy) is 2. The Labute approximate surface area is 161 Å². The van der Waals surface area contributed by atoms with Crippen LogP contribution in [0.25, 0.3) is 11.3 Å². The van der Waals surface area contributed by atoms with Crippen molar-refractivity contribution in [2.45, 2.75) is 13.0 Å². The summed E-state index contributed by atoms with van der Waals surface area (Å²) in [4.78, 5) is 11.0. The molecule has 0 spiro atoms. The minimum absolute atomic E-state index is 0.141. The van der Waals surface area contributed by atoms with E-state index in [0.29, 0.717) is 41.2 Å². The highest BCUT2D eigenvalue weighted by Crippen LogP contribution is 2.27. The van der Waals surface area contributed by atoms with Gasteiger partial charge in [0.15, 0.2) is 5.82 Å². The van der Waals surface area contributed by atoms with E-state index in [9.17, 15) is 4.39 Å². The smallest absolute Gasteiger partial charge is 0.227 e. The Balaban J connectivity index is 1.50. The molecule has 1 aromatic carbocycles. The van der Waals surface area contributed by atoms with Gasteiger partial charge in [-0.2, -0.15) is 10.1 Å². The maximum Gasteiger partial charge on any atom is 0.227 e. The van der Waals surface area contributed by atoms with E-state index in [-0.39, 0.29) is 11.9 Å². The monoisotopic (exact) mass is 384 g/mol. The van der Waals surface area contributed by atoms with Crippen LogP contribution in [-0.4, -0.2) is 53.1 Å². The van der Waals surface area contributed by atoms with E-state index in [0.717, 1.165) is 13.1 Å². The first-order chi connectivity index (χ1) is 13.6. The number of anilines is 3. The van der Waals surface area contributed by atoms with Crippen LogP contribution in [0.3, 0.4) is 0 Å². The van der Waals surface area contributed by atoms with E-state index in [2.05, 4.69) is 30.4 Å². The van der Waals surface area contributed by atoms with Gasteiger partial charge in [-0.05, 0) is 25.1 Å². The zero-order chi connectivity index (χ0) is 19.5. The molecule has 1 fully saturated rings. The topological polar surface area (TPSA) is 88.2 Å². The molecule has 0 unspecified atom stereocenters. The maximum absolute atomic E-state index is 14.3. The second kappa shape index (κ2) is 7.81. The van der Waals surface area contributed by atoms with Crippen molar-refractivity contribution < 1.29 is 13.9 Å². The molecule has 1 aliphatic rings. The molecule has 1 aliphatic heterocycles. The van der Waals surface area contributed by atoms with Crippen molar-refractivity contribution in [2.24, 2.45) is 0 Å². The normalized spacial score (nSPS) is 16.8. The van der Waals surface area contributed by atoms with Crippen molar-refractivity contribution in [1.29, 1.82) is 0 Å². The van der Waals surface area contributed by atoms with Crippen LogP contribution in [0.2, 0.25) is 0 Å². The highest BCUT2D eigenvalue weighted by molar-refractivity contribution is 5.66. The van der Waals surface area contributed by atoms with Crippen LogP contribution in [-0.2, 0) is 4.74 Å². The van der Waals surface area contributed by atoms with Gasteiger partial charge in [0.2, 0.25) is 5.95 Å². The minimum Gasteiger partial charge on any atom is -0.497 e. The molecule has 1 atom stereocenters. The van der Waals surface area contributed by atoms with Gasteiger partial charge in [-0.25, -0.2) is 9.37 Å². The predicted octanol–water partition coefficient (Wildman–Crippen LogP) is 2.98. The number of rotatable bonds is 5. The fraction of sp³-hybridized carbons (Fsp3) is 0.316. The van der Waals surface area contributed by atoms with E-state index in [1.54, 1.807) is 30.5 Å². The number of methoxy groups -OCH3 is 1. The fourth-order valence-corrected chi connectivity index (χ4v) is 3.07. The van der Waals surface area contributed by atoms with E-state index < -0.39 is 0 Å². The Kier molecular flexibility index (Phi) is 5.07. The third-order valence-corrected chi connectivity index (χ3v) is 4.47. The fourth-order valence-electron chi connectivity index (χ4n) is 3.07. The first kappa shape index (κ1) is 18.2. The summed E-state index contributed by atoms with van der Waals surface area (Å²) in [6, 6.07) is 8.17. The lowest BCUT2D eigenvalue weighted by atomic mass is 10.1. The molecule has 9 heteroatoms. The van der Waals surface area contributed by atoms with Crippen LogP contribution in [0.1, 0.15) is 6.92 Å². The van der Waals surface area contributed by atoms with Crippen LogP contribution >= 0.6 is 0 Å². The zero-order valence-corrected chi connectivity index (χ0v) is 15.6. The third-order valence-electron chi connectivity index (χ3n) is 4.47. The van der Waals surface area contributed by atoms with E-state index in [1.165, 1.54) is 13.2 Å². The molecule has 8 nitrogen and oxygen atoms in total. The molecule has 0 aliphatic carbocycles. The molecule has 0 saturated carbocycles. The number of halogens is 1. The summed E-state index contributed by atoms with van der Waals surface area (Å²) in [6.07, 6.45) is 1.84. The van der Waals surface area contributed by atoms with Crippen molar-refractivity contribution in [1.82, 2.24) is 20.2 Å². The van der Waals surface area contributed by atoms with Gasteiger partial charge >= 0.3 is 0 Å². The summed E-state index contributed by atoms with van der Waals surface area (Å²) < 4.78 is 24.9. The van der Waals surface area contributed by atoms with Gasteiger partial charge in [-0.3, -0.25) is 5.10 Å². The standard InChI is InChI=1S/C19H21FN6O2/c1-12-11-26(7-8-28-12)19-21-6-5-17(23-19)22-18-10-16(24-25-18)14-4-3-13(27-2)9-15(14)20/h3-6,9-10,12H,7-8,11H2,1-2H3,(H2,21,22,23,24,25)/t12-/m1/s1. The molecular weight excluding hydrogens is 363 g/mol. The summed E-state index contributed by atoms with van der Waals surface area (Å²) in [7, 11) is 1.50. The summed E-state index contributed by atoms with van der Waals surface area (Å²) in [5.74, 6) is 1.85. The number of aromatic nitrogens is 4. The second-order valence-electron chi connectivity index (χ2n) is 6.51. The number of hydrogen-bond donors (Lipinski definition) is 2. The Bertz CT molecular complexity index is 963. The van der Waals surface area contributed by atoms with Crippen LogP contribution < -0.4 is 15.0 Å². The van der Waals surface area contributed by atoms with Crippen molar-refractivity contribution in [3.63, 3.8) is 0 Å². The lowest BCUT2D eigenvalue weighted by Gasteiger charge is -2.31. The first-order valence-electron chi connectivity index (χ1n) is 8.98. The van der Waals surface area contributed by atoms with Crippen LogP contribution in [0, 0.1) is 5.82 Å². The predicted molar refractivity (Wildman–Crippen MR) is 103 cm³/mol. The number of benzene rings is 1. The lowest BCUT2D eigenvalue weighted by molar-refractivity contribution is 0.0526. The first-order valence-corrected chi connectivity index (χ1v) is 8.98. The number of hydrogen-bond acceptors (Lipinski definition) is 7. The second-order valence-corrected chi connectivity index (χ2v) is 6.51. The Morgan fingerprint density at radius 2 is 2.18 bits per heavy atom. The highest BCUT2D eigenvalue weighted by Gasteiger charge is 2.19. The summed E-state index contributed by atoms with van der Waals surface area (Å²) >= 11 is 0. The van der Waals surface area contributed by atoms with Gasteiger partial charge in [-0.15, -0.1) is 0 Å². The van der Waals surface area contributed by atoms with Gasteiger partial charge in [-0.1, -0.05) is 0 Å². The maximum atomic E-state index is 14.3. The quantitative estimate of drug-likeness (QED) is 0.699. The molecule has 0 amide bonds. The summed E-state index contributed by atoms with van der Waals surface area (Å²) in [6.45, 7) is 4.17. The molecule has 2 aromatic heterocycles. The van der Waals surface area contributed by atoms with Crippen molar-refractivity contribution in [3.8, 4) is 17.0 Å². The van der Waals surface area contributed by atoms with E-state index >= 15 is 0 Å². The largest absolute Gasteiger partial charge is 0.497 e. The van der Waals surface area contributed by atoms with Crippen molar-refractivity contribution >= 4 is 17.6 Å². The van der Waals surface area contributed by atoms with E-state index in [1.807, 2.05) is 6.92 Å². The van der Waals surface area contributed by atoms with Crippen LogP contribution in [0.4, 0.5) is 22.0 Å². The number of aromatic amines is 1. The average molecular weight is 384 g/mol. The number of morpholine rings is 1. The average Bonchev–Trinajstić information content (AvgIpc) is 3.16. The van der Waals surface area contributed by atoms with Crippen LogP contribution in [0.5, 0.6) is 5.75 Å². The molecule has 1 saturated heterocycles. The molecule has 28 heavy (non-hydrogen) atoms. The number of nitrogens with zero attached hydrogens (tertiary/aromatic N) is 4. The van der Waals surface area contributed by atoms with Gasteiger partial charge in [0.1, 0.15) is 17.4 Å². The molecule has 3 aromatic rings. The minimum atomic E-state index is -0.389. The SMILES string of the molecule is COc1ccc(-c2cc(Nc3ccnc(N4CCO[C@H](C)C4)n3)n[nH]2)c(F)c1. The Morgan fingerprint density at radius 3 is 2.96 bits per heavy atom. The summed E-state index contributed by atoms with van der Waals surface area (Å²) in [5, 5.41) is 10.2. The molecule has 4 rings (SSSR count). The van der Waals surface area contributed by atoms with Gasteiger partial charge in [0, 0.05) is 37.0 Å². The van der Waals surface area contributed by atoms with E-state index in [4.69, 9.17) is 9.47 Å². The molecule has 2 N–H and O–H groups in total. The lowest BCUT2D eigenvalue weighted by Crippen LogP contribution is -2.42. The third kappa shape index (κ3) is 3.89. The van der Waals surface area contributed by atoms with Crippen LogP contribution in [0.15, 0.2) is 36.5 Å². The highest BCUT2D eigenvalue weighted by atomic mass is 19.1. The Hall–Kier alpha value is -3.20. The molecular formula is C19H21FN6O2. The van der Waals surface area contributed by atoms with Crippen molar-refractivity contribution in [3.05, 3.63) is 42.3 Å². The molecule has 0 radical (unpaired) electrons. The molecule has 3 heterocycles.